The zero-order chi connectivity index (χ0) is 11.6. The van der Waals surface area contributed by atoms with Gasteiger partial charge in [0.2, 0.25) is 5.91 Å². The van der Waals surface area contributed by atoms with Crippen LogP contribution in [0, 0.1) is 5.92 Å². The van der Waals surface area contributed by atoms with Crippen molar-refractivity contribution in [3.8, 4) is 0 Å². The molecule has 2 atom stereocenters. The van der Waals surface area contributed by atoms with Gasteiger partial charge in [-0.15, -0.1) is 0 Å². The lowest BCUT2D eigenvalue weighted by Crippen LogP contribution is -2.61. The SMILES string of the molecule is CC(C)CN1C(C)CN(C)C(=O)C1CO. The molecule has 0 aromatic heterocycles. The van der Waals surface area contributed by atoms with Gasteiger partial charge in [0.15, 0.2) is 0 Å². The summed E-state index contributed by atoms with van der Waals surface area (Å²) >= 11 is 0. The Morgan fingerprint density at radius 1 is 1.53 bits per heavy atom. The Hall–Kier alpha value is -0.610. The predicted octanol–water partition coefficient (Wildman–Crippen LogP) is 0.166. The number of aliphatic hydroxyl groups excluding tert-OH is 1. The number of nitrogens with zero attached hydrogens (tertiary/aromatic N) is 2. The third kappa shape index (κ3) is 2.69. The first kappa shape index (κ1) is 12.5. The van der Waals surface area contributed by atoms with E-state index in [0.717, 1.165) is 13.1 Å². The van der Waals surface area contributed by atoms with Crippen molar-refractivity contribution in [1.29, 1.82) is 0 Å². The fourth-order valence-corrected chi connectivity index (χ4v) is 2.21. The number of hydrogen-bond donors (Lipinski definition) is 1. The van der Waals surface area contributed by atoms with Gasteiger partial charge in [0, 0.05) is 26.2 Å². The Bertz CT molecular complexity index is 231. The summed E-state index contributed by atoms with van der Waals surface area (Å²) in [5, 5.41) is 9.29. The summed E-state index contributed by atoms with van der Waals surface area (Å²) in [6.45, 7) is 7.90. The van der Waals surface area contributed by atoms with Gasteiger partial charge in [0.1, 0.15) is 6.04 Å². The van der Waals surface area contributed by atoms with E-state index >= 15 is 0 Å². The molecule has 1 rings (SSSR count). The van der Waals surface area contributed by atoms with Crippen LogP contribution in [-0.2, 0) is 4.79 Å². The molecule has 4 nitrogen and oxygen atoms in total. The molecule has 0 radical (unpaired) electrons. The normalized spacial score (nSPS) is 28.9. The largest absolute Gasteiger partial charge is 0.394 e. The van der Waals surface area contributed by atoms with Crippen LogP contribution in [0.4, 0.5) is 0 Å². The number of carbonyl (C=O) groups excluding carboxylic acids is 1. The molecule has 0 aliphatic carbocycles. The van der Waals surface area contributed by atoms with Gasteiger partial charge in [-0.2, -0.15) is 0 Å². The van der Waals surface area contributed by atoms with Crippen LogP contribution in [0.3, 0.4) is 0 Å². The van der Waals surface area contributed by atoms with Crippen LogP contribution in [0.15, 0.2) is 0 Å². The van der Waals surface area contributed by atoms with Crippen molar-refractivity contribution in [2.45, 2.75) is 32.9 Å². The first-order chi connectivity index (χ1) is 6.97. The van der Waals surface area contributed by atoms with Crippen LogP contribution in [0.1, 0.15) is 20.8 Å². The minimum atomic E-state index is -0.346. The van der Waals surface area contributed by atoms with Gasteiger partial charge in [-0.1, -0.05) is 13.8 Å². The van der Waals surface area contributed by atoms with Gasteiger partial charge in [0.25, 0.3) is 0 Å². The smallest absolute Gasteiger partial charge is 0.242 e. The molecule has 1 aliphatic rings. The van der Waals surface area contributed by atoms with E-state index in [2.05, 4.69) is 25.7 Å². The van der Waals surface area contributed by atoms with Gasteiger partial charge in [0.05, 0.1) is 6.61 Å². The summed E-state index contributed by atoms with van der Waals surface area (Å²) in [5.74, 6) is 0.550. The van der Waals surface area contributed by atoms with E-state index in [1.807, 2.05) is 0 Å². The first-order valence-electron chi connectivity index (χ1n) is 5.59. The van der Waals surface area contributed by atoms with Crippen LogP contribution in [0.25, 0.3) is 0 Å². The van der Waals surface area contributed by atoms with E-state index in [0.29, 0.717) is 12.0 Å². The Morgan fingerprint density at radius 3 is 2.60 bits per heavy atom. The minimum absolute atomic E-state index is 0.0382. The first-order valence-corrected chi connectivity index (χ1v) is 5.59. The number of amides is 1. The molecule has 0 spiro atoms. The summed E-state index contributed by atoms with van der Waals surface area (Å²) in [4.78, 5) is 15.6. The van der Waals surface area contributed by atoms with Crippen molar-refractivity contribution in [2.24, 2.45) is 5.92 Å². The Kier molecular flexibility index (Phi) is 4.11. The predicted molar refractivity (Wildman–Crippen MR) is 59.5 cm³/mol. The molecule has 4 heteroatoms. The summed E-state index contributed by atoms with van der Waals surface area (Å²) in [6, 6.07) is -0.0200. The van der Waals surface area contributed by atoms with Gasteiger partial charge < -0.3 is 10.0 Å². The highest BCUT2D eigenvalue weighted by Crippen LogP contribution is 2.17. The number of aliphatic hydroxyl groups is 1. The van der Waals surface area contributed by atoms with E-state index < -0.39 is 0 Å². The van der Waals surface area contributed by atoms with Crippen molar-refractivity contribution in [3.63, 3.8) is 0 Å². The van der Waals surface area contributed by atoms with E-state index in [1.54, 1.807) is 11.9 Å². The quantitative estimate of drug-likeness (QED) is 0.728. The molecule has 88 valence electrons. The topological polar surface area (TPSA) is 43.8 Å². The van der Waals surface area contributed by atoms with E-state index in [-0.39, 0.29) is 18.6 Å². The van der Waals surface area contributed by atoms with Crippen molar-refractivity contribution < 1.29 is 9.90 Å². The van der Waals surface area contributed by atoms with Crippen LogP contribution >= 0.6 is 0 Å². The van der Waals surface area contributed by atoms with E-state index in [9.17, 15) is 9.90 Å². The van der Waals surface area contributed by atoms with Gasteiger partial charge in [-0.25, -0.2) is 0 Å². The van der Waals surface area contributed by atoms with Crippen LogP contribution in [0.5, 0.6) is 0 Å². The fraction of sp³-hybridized carbons (Fsp3) is 0.909. The molecule has 0 bridgehead atoms. The number of rotatable bonds is 3. The summed E-state index contributed by atoms with van der Waals surface area (Å²) < 4.78 is 0. The Balaban J connectivity index is 2.77. The maximum Gasteiger partial charge on any atom is 0.242 e. The maximum absolute atomic E-state index is 11.8. The highest BCUT2D eigenvalue weighted by Gasteiger charge is 2.36. The van der Waals surface area contributed by atoms with Gasteiger partial charge >= 0.3 is 0 Å². The number of likely N-dealkylation sites (N-methyl/N-ethyl adjacent to an activating group) is 1. The molecule has 15 heavy (non-hydrogen) atoms. The molecule has 0 saturated carbocycles. The molecular weight excluding hydrogens is 192 g/mol. The highest BCUT2D eigenvalue weighted by molar-refractivity contribution is 5.82. The lowest BCUT2D eigenvalue weighted by Gasteiger charge is -2.43. The van der Waals surface area contributed by atoms with Crippen molar-refractivity contribution in [1.82, 2.24) is 9.80 Å². The second-order valence-corrected chi connectivity index (χ2v) is 4.86. The van der Waals surface area contributed by atoms with Crippen molar-refractivity contribution in [2.75, 3.05) is 26.7 Å². The van der Waals surface area contributed by atoms with E-state index in [4.69, 9.17) is 0 Å². The van der Waals surface area contributed by atoms with Crippen LogP contribution in [0.2, 0.25) is 0 Å². The standard InChI is InChI=1S/C11H22N2O2/c1-8(2)5-13-9(3)6-12(4)11(15)10(13)7-14/h8-10,14H,5-7H2,1-4H3. The summed E-state index contributed by atoms with van der Waals surface area (Å²) in [5.41, 5.74) is 0. The number of hydrogen-bond acceptors (Lipinski definition) is 3. The third-order valence-corrected chi connectivity index (χ3v) is 2.91. The molecule has 2 unspecified atom stereocenters. The number of piperazine rings is 1. The molecule has 1 fully saturated rings. The van der Waals surface area contributed by atoms with Crippen molar-refractivity contribution >= 4 is 5.91 Å². The molecule has 0 aromatic carbocycles. The molecule has 1 amide bonds. The fourth-order valence-electron chi connectivity index (χ4n) is 2.21. The minimum Gasteiger partial charge on any atom is -0.394 e. The molecular formula is C11H22N2O2. The molecule has 1 heterocycles. The average molecular weight is 214 g/mol. The highest BCUT2D eigenvalue weighted by atomic mass is 16.3. The summed E-state index contributed by atoms with van der Waals surface area (Å²) in [7, 11) is 1.80. The zero-order valence-corrected chi connectivity index (χ0v) is 10.1. The Labute approximate surface area is 91.9 Å². The maximum atomic E-state index is 11.8. The third-order valence-electron chi connectivity index (χ3n) is 2.91. The monoisotopic (exact) mass is 214 g/mol. The van der Waals surface area contributed by atoms with Gasteiger partial charge in [-0.05, 0) is 12.8 Å². The molecule has 1 saturated heterocycles. The van der Waals surface area contributed by atoms with Gasteiger partial charge in [-0.3, -0.25) is 9.69 Å². The molecule has 0 aromatic rings. The lowest BCUT2D eigenvalue weighted by atomic mass is 10.0. The summed E-state index contributed by atoms with van der Waals surface area (Å²) in [6.07, 6.45) is 0. The lowest BCUT2D eigenvalue weighted by molar-refractivity contribution is -0.145. The van der Waals surface area contributed by atoms with E-state index in [1.165, 1.54) is 0 Å². The van der Waals surface area contributed by atoms with Crippen molar-refractivity contribution in [3.05, 3.63) is 0 Å². The molecule has 1 aliphatic heterocycles. The second kappa shape index (κ2) is 4.94. The zero-order valence-electron chi connectivity index (χ0n) is 10.1. The Morgan fingerprint density at radius 2 is 2.13 bits per heavy atom. The second-order valence-electron chi connectivity index (χ2n) is 4.86. The van der Waals surface area contributed by atoms with Crippen LogP contribution < -0.4 is 0 Å². The number of carbonyl (C=O) groups is 1. The molecule has 1 N–H and O–H groups in total. The van der Waals surface area contributed by atoms with Crippen LogP contribution in [-0.4, -0.2) is 59.6 Å². The average Bonchev–Trinajstić information content (AvgIpc) is 2.14.